The highest BCUT2D eigenvalue weighted by Gasteiger charge is 2.43. The average molecular weight is 488 g/mol. The molecule has 1 aliphatic rings. The number of aromatic nitrogens is 2. The maximum Gasteiger partial charge on any atom is 0.277 e. The van der Waals surface area contributed by atoms with Crippen molar-refractivity contribution in [2.75, 3.05) is 11.5 Å². The second-order valence-electron chi connectivity index (χ2n) is 7.78. The Labute approximate surface area is 195 Å². The predicted octanol–water partition coefficient (Wildman–Crippen LogP) is 6.30. The van der Waals surface area contributed by atoms with Gasteiger partial charge in [-0.3, -0.25) is 14.8 Å². The van der Waals surface area contributed by atoms with E-state index in [0.29, 0.717) is 12.3 Å². The van der Waals surface area contributed by atoms with Crippen molar-refractivity contribution < 1.29 is 9.53 Å². The average Bonchev–Trinajstić information content (AvgIpc) is 3.35. The van der Waals surface area contributed by atoms with Crippen molar-refractivity contribution in [3.8, 4) is 17.0 Å². The number of nitrogens with one attached hydrogen (secondary N) is 1. The molecule has 1 atom stereocenters. The van der Waals surface area contributed by atoms with Crippen molar-refractivity contribution in [3.63, 3.8) is 0 Å². The van der Waals surface area contributed by atoms with Crippen molar-refractivity contribution in [1.29, 1.82) is 0 Å². The number of anilines is 1. The van der Waals surface area contributed by atoms with Crippen LogP contribution in [0.3, 0.4) is 0 Å². The van der Waals surface area contributed by atoms with Crippen LogP contribution in [0, 0.1) is 6.92 Å². The lowest BCUT2D eigenvalue weighted by Gasteiger charge is -2.26. The van der Waals surface area contributed by atoms with E-state index in [1.165, 1.54) is 5.56 Å². The van der Waals surface area contributed by atoms with Crippen LogP contribution in [0.25, 0.3) is 11.3 Å². The molecule has 0 fully saturated rings. The number of hydrogen-bond acceptors (Lipinski definition) is 3. The summed E-state index contributed by atoms with van der Waals surface area (Å²) in [4.78, 5) is 15.4. The third-order valence-electron chi connectivity index (χ3n) is 5.70. The standard InChI is InChI=1S/C26H22BrN3O2/c1-3-32-21-14-8-17(9-15-21)23-22-24(29-28-23)26(31)30(20-12-10-19(27)11-13-20)25(22)18-6-4-16(2)5-7-18/h4-15,25H,3H2,1-2H3,(H,28,29)/t25-/m1/s1. The monoisotopic (exact) mass is 487 g/mol. The van der Waals surface area contributed by atoms with Gasteiger partial charge >= 0.3 is 0 Å². The summed E-state index contributed by atoms with van der Waals surface area (Å²) in [5, 5.41) is 7.56. The molecule has 5 nitrogen and oxygen atoms in total. The van der Waals surface area contributed by atoms with Crippen LogP contribution in [0.2, 0.25) is 0 Å². The van der Waals surface area contributed by atoms with Gasteiger partial charge in [-0.1, -0.05) is 45.8 Å². The Morgan fingerprint density at radius 1 is 1.00 bits per heavy atom. The molecule has 3 aromatic carbocycles. The van der Waals surface area contributed by atoms with Gasteiger partial charge < -0.3 is 4.74 Å². The lowest BCUT2D eigenvalue weighted by Crippen LogP contribution is -2.29. The van der Waals surface area contributed by atoms with Crippen molar-refractivity contribution in [2.24, 2.45) is 0 Å². The first-order valence-corrected chi connectivity index (χ1v) is 11.3. The minimum absolute atomic E-state index is 0.0856. The zero-order valence-corrected chi connectivity index (χ0v) is 19.4. The molecule has 0 unspecified atom stereocenters. The third-order valence-corrected chi connectivity index (χ3v) is 6.23. The Hall–Kier alpha value is -3.38. The fourth-order valence-corrected chi connectivity index (χ4v) is 4.44. The Morgan fingerprint density at radius 2 is 1.69 bits per heavy atom. The quantitative estimate of drug-likeness (QED) is 0.359. The van der Waals surface area contributed by atoms with Gasteiger partial charge in [0.1, 0.15) is 11.4 Å². The van der Waals surface area contributed by atoms with E-state index in [1.54, 1.807) is 0 Å². The number of carbonyl (C=O) groups is 1. The van der Waals surface area contributed by atoms with Crippen molar-refractivity contribution >= 4 is 27.5 Å². The van der Waals surface area contributed by atoms with E-state index < -0.39 is 0 Å². The summed E-state index contributed by atoms with van der Waals surface area (Å²) in [6.45, 7) is 4.64. The van der Waals surface area contributed by atoms with Crippen LogP contribution in [-0.2, 0) is 0 Å². The number of fused-ring (bicyclic) bond motifs is 1. The van der Waals surface area contributed by atoms with Gasteiger partial charge in [0, 0.05) is 21.3 Å². The summed E-state index contributed by atoms with van der Waals surface area (Å²) in [5.74, 6) is 0.726. The number of amides is 1. The molecule has 0 bridgehead atoms. The highest BCUT2D eigenvalue weighted by molar-refractivity contribution is 9.10. The molecule has 1 N–H and O–H groups in total. The van der Waals surface area contributed by atoms with Crippen molar-refractivity contribution in [3.05, 3.63) is 99.7 Å². The van der Waals surface area contributed by atoms with E-state index >= 15 is 0 Å². The first-order valence-electron chi connectivity index (χ1n) is 10.5. The highest BCUT2D eigenvalue weighted by Crippen LogP contribution is 2.45. The molecular weight excluding hydrogens is 466 g/mol. The number of benzene rings is 3. The van der Waals surface area contributed by atoms with Gasteiger partial charge in [-0.2, -0.15) is 5.10 Å². The lowest BCUT2D eigenvalue weighted by molar-refractivity contribution is 0.0989. The number of aromatic amines is 1. The molecule has 6 heteroatoms. The summed E-state index contributed by atoms with van der Waals surface area (Å²) < 4.78 is 6.55. The van der Waals surface area contributed by atoms with Crippen LogP contribution in [0.1, 0.15) is 40.1 Å². The fraction of sp³-hybridized carbons (Fsp3) is 0.154. The summed E-state index contributed by atoms with van der Waals surface area (Å²) in [7, 11) is 0. The van der Waals surface area contributed by atoms with E-state index in [-0.39, 0.29) is 11.9 Å². The number of halogens is 1. The summed E-state index contributed by atoms with van der Waals surface area (Å²) in [5.41, 5.74) is 6.20. The van der Waals surface area contributed by atoms with E-state index in [1.807, 2.05) is 60.4 Å². The van der Waals surface area contributed by atoms with Gasteiger partial charge in [0.05, 0.1) is 18.3 Å². The van der Waals surface area contributed by atoms with E-state index in [0.717, 1.165) is 38.3 Å². The van der Waals surface area contributed by atoms with Crippen LogP contribution < -0.4 is 9.64 Å². The summed E-state index contributed by atoms with van der Waals surface area (Å²) >= 11 is 3.49. The van der Waals surface area contributed by atoms with Crippen molar-refractivity contribution in [1.82, 2.24) is 10.2 Å². The molecule has 1 aliphatic heterocycles. The minimum atomic E-state index is -0.278. The van der Waals surface area contributed by atoms with Crippen molar-refractivity contribution in [2.45, 2.75) is 19.9 Å². The Kier molecular flexibility index (Phi) is 5.31. The molecule has 0 saturated heterocycles. The SMILES string of the molecule is CCOc1ccc(-c2n[nH]c3c2[C@@H](c2ccc(C)cc2)N(c2ccc(Br)cc2)C3=O)cc1. The minimum Gasteiger partial charge on any atom is -0.494 e. The van der Waals surface area contributed by atoms with Gasteiger partial charge in [0.25, 0.3) is 5.91 Å². The summed E-state index contributed by atoms with van der Waals surface area (Å²) in [6.07, 6.45) is 0. The Bertz CT molecular complexity index is 1260. The van der Waals surface area contributed by atoms with Gasteiger partial charge in [0.15, 0.2) is 0 Å². The van der Waals surface area contributed by atoms with Gasteiger partial charge in [-0.15, -0.1) is 0 Å². The molecule has 2 heterocycles. The Morgan fingerprint density at radius 3 is 2.34 bits per heavy atom. The van der Waals surface area contributed by atoms with Crippen LogP contribution in [0.4, 0.5) is 5.69 Å². The third kappa shape index (κ3) is 3.50. The van der Waals surface area contributed by atoms with Gasteiger partial charge in [-0.25, -0.2) is 0 Å². The molecule has 1 amide bonds. The summed E-state index contributed by atoms with van der Waals surface area (Å²) in [6, 6.07) is 23.7. The molecule has 32 heavy (non-hydrogen) atoms. The number of rotatable bonds is 5. The first kappa shape index (κ1) is 20.5. The molecule has 0 spiro atoms. The van der Waals surface area contributed by atoms with Crippen LogP contribution in [0.5, 0.6) is 5.75 Å². The second kappa shape index (κ2) is 8.28. The number of H-pyrrole nitrogens is 1. The van der Waals surface area contributed by atoms with Crippen LogP contribution >= 0.6 is 15.9 Å². The predicted molar refractivity (Wildman–Crippen MR) is 129 cm³/mol. The van der Waals surface area contributed by atoms with Gasteiger partial charge in [-0.05, 0) is 67.9 Å². The lowest BCUT2D eigenvalue weighted by atomic mass is 9.95. The molecule has 0 aliphatic carbocycles. The van der Waals surface area contributed by atoms with E-state index in [9.17, 15) is 4.79 Å². The zero-order valence-electron chi connectivity index (χ0n) is 17.8. The van der Waals surface area contributed by atoms with E-state index in [2.05, 4.69) is 57.3 Å². The number of carbonyl (C=O) groups excluding carboxylic acids is 1. The Balaban J connectivity index is 1.66. The molecule has 1 aromatic heterocycles. The molecule has 5 rings (SSSR count). The maximum absolute atomic E-state index is 13.5. The molecule has 160 valence electrons. The van der Waals surface area contributed by atoms with Crippen LogP contribution in [-0.4, -0.2) is 22.7 Å². The second-order valence-corrected chi connectivity index (χ2v) is 8.70. The largest absolute Gasteiger partial charge is 0.494 e. The van der Waals surface area contributed by atoms with Crippen LogP contribution in [0.15, 0.2) is 77.3 Å². The molecule has 0 saturated carbocycles. The zero-order chi connectivity index (χ0) is 22.2. The number of ether oxygens (including phenoxy) is 1. The highest BCUT2D eigenvalue weighted by atomic mass is 79.9. The van der Waals surface area contributed by atoms with Gasteiger partial charge in [0.2, 0.25) is 0 Å². The normalized spacial score (nSPS) is 15.2. The number of hydrogen-bond donors (Lipinski definition) is 1. The first-order chi connectivity index (χ1) is 15.6. The maximum atomic E-state index is 13.5. The molecule has 4 aromatic rings. The number of aryl methyl sites for hydroxylation is 1. The molecular formula is C26H22BrN3O2. The smallest absolute Gasteiger partial charge is 0.277 e. The topological polar surface area (TPSA) is 58.2 Å². The number of nitrogens with zero attached hydrogens (tertiary/aromatic N) is 2. The van der Waals surface area contributed by atoms with E-state index in [4.69, 9.17) is 4.74 Å². The fourth-order valence-electron chi connectivity index (χ4n) is 4.17. The molecule has 0 radical (unpaired) electrons.